The second-order valence-electron chi connectivity index (χ2n) is 2.13. The Labute approximate surface area is 63.3 Å². The van der Waals surface area contributed by atoms with Crippen molar-refractivity contribution in [3.8, 4) is 0 Å². The Bertz CT molecular complexity index is 243. The normalized spacial score (nSPS) is 12.5. The Kier molecular flexibility index (Phi) is 2.33. The van der Waals surface area contributed by atoms with Gasteiger partial charge in [0.2, 0.25) is 0 Å². The highest BCUT2D eigenvalue weighted by Gasteiger charge is 2.03. The maximum Gasteiger partial charge on any atom is 0.153 e. The van der Waals surface area contributed by atoms with E-state index in [2.05, 4.69) is 0 Å². The quantitative estimate of drug-likeness (QED) is 0.646. The molecule has 0 spiro atoms. The van der Waals surface area contributed by atoms with E-state index in [1.807, 2.05) is 0 Å². The molecule has 1 atom stereocenters. The lowest BCUT2D eigenvalue weighted by Crippen LogP contribution is -1.97. The standard InChI is InChI=1S/C8H7FO2/c9-7-3-1-6(2-4-7)8(11)5-10/h1-5,8,11H. The Balaban J connectivity index is 2.89. The average molecular weight is 154 g/mol. The van der Waals surface area contributed by atoms with Gasteiger partial charge in [0.05, 0.1) is 0 Å². The zero-order chi connectivity index (χ0) is 8.27. The molecular formula is C8H7FO2. The summed E-state index contributed by atoms with van der Waals surface area (Å²) in [7, 11) is 0. The molecule has 1 N–H and O–H groups in total. The molecule has 0 aliphatic carbocycles. The highest BCUT2D eigenvalue weighted by molar-refractivity contribution is 5.59. The van der Waals surface area contributed by atoms with E-state index in [-0.39, 0.29) is 5.82 Å². The van der Waals surface area contributed by atoms with Crippen molar-refractivity contribution in [2.24, 2.45) is 0 Å². The second kappa shape index (κ2) is 3.25. The lowest BCUT2D eigenvalue weighted by Gasteiger charge is -2.00. The van der Waals surface area contributed by atoms with Crippen LogP contribution < -0.4 is 0 Å². The van der Waals surface area contributed by atoms with Crippen LogP contribution in [0.4, 0.5) is 4.39 Å². The molecule has 0 radical (unpaired) electrons. The maximum atomic E-state index is 12.3. The number of aldehydes is 1. The molecule has 0 aliphatic rings. The van der Waals surface area contributed by atoms with Crippen molar-refractivity contribution in [1.82, 2.24) is 0 Å². The van der Waals surface area contributed by atoms with E-state index in [9.17, 15) is 9.18 Å². The lowest BCUT2D eigenvalue weighted by atomic mass is 10.1. The van der Waals surface area contributed by atoms with E-state index in [1.54, 1.807) is 0 Å². The zero-order valence-electron chi connectivity index (χ0n) is 5.70. The fourth-order valence-electron chi connectivity index (χ4n) is 0.739. The third-order valence-electron chi connectivity index (χ3n) is 1.34. The summed E-state index contributed by atoms with van der Waals surface area (Å²) in [6, 6.07) is 5.13. The van der Waals surface area contributed by atoms with Gasteiger partial charge in [0.25, 0.3) is 0 Å². The van der Waals surface area contributed by atoms with E-state index < -0.39 is 6.10 Å². The van der Waals surface area contributed by atoms with Crippen LogP contribution in [0.15, 0.2) is 24.3 Å². The van der Waals surface area contributed by atoms with Crippen LogP contribution in [0.2, 0.25) is 0 Å². The van der Waals surface area contributed by atoms with Gasteiger partial charge in [-0.2, -0.15) is 0 Å². The smallest absolute Gasteiger partial charge is 0.153 e. The number of hydrogen-bond acceptors (Lipinski definition) is 2. The van der Waals surface area contributed by atoms with Gasteiger partial charge >= 0.3 is 0 Å². The van der Waals surface area contributed by atoms with Crippen LogP contribution in [-0.4, -0.2) is 11.4 Å². The number of carbonyl (C=O) groups is 1. The number of halogens is 1. The van der Waals surface area contributed by atoms with Crippen molar-refractivity contribution >= 4 is 6.29 Å². The van der Waals surface area contributed by atoms with Gasteiger partial charge in [0.15, 0.2) is 6.29 Å². The lowest BCUT2D eigenvalue weighted by molar-refractivity contribution is -0.115. The molecule has 0 bridgehead atoms. The summed E-state index contributed by atoms with van der Waals surface area (Å²) < 4.78 is 12.3. The first kappa shape index (κ1) is 7.88. The Morgan fingerprint density at radius 3 is 2.36 bits per heavy atom. The van der Waals surface area contributed by atoms with Gasteiger partial charge < -0.3 is 9.90 Å². The van der Waals surface area contributed by atoms with E-state index in [4.69, 9.17) is 5.11 Å². The van der Waals surface area contributed by atoms with Gasteiger partial charge in [0.1, 0.15) is 11.9 Å². The van der Waals surface area contributed by atoms with E-state index >= 15 is 0 Å². The predicted octanol–water partition coefficient (Wildman–Crippen LogP) is 1.06. The number of aliphatic hydroxyl groups excluding tert-OH is 1. The van der Waals surface area contributed by atoms with E-state index in [1.165, 1.54) is 24.3 Å². The highest BCUT2D eigenvalue weighted by Crippen LogP contribution is 2.10. The van der Waals surface area contributed by atoms with Crippen molar-refractivity contribution < 1.29 is 14.3 Å². The first-order chi connectivity index (χ1) is 5.24. The zero-order valence-corrected chi connectivity index (χ0v) is 5.70. The average Bonchev–Trinajstić information content (AvgIpc) is 2.05. The van der Waals surface area contributed by atoms with Crippen LogP contribution in [0, 0.1) is 5.82 Å². The largest absolute Gasteiger partial charge is 0.381 e. The SMILES string of the molecule is O=CC(O)c1ccc(F)cc1. The van der Waals surface area contributed by atoms with Crippen molar-refractivity contribution in [2.45, 2.75) is 6.10 Å². The maximum absolute atomic E-state index is 12.3. The molecule has 1 aromatic rings. The Morgan fingerprint density at radius 2 is 1.91 bits per heavy atom. The van der Waals surface area contributed by atoms with Gasteiger partial charge in [-0.05, 0) is 17.7 Å². The molecule has 58 valence electrons. The molecule has 1 unspecified atom stereocenters. The number of hydrogen-bond donors (Lipinski definition) is 1. The molecule has 0 amide bonds. The summed E-state index contributed by atoms with van der Waals surface area (Å²) in [5, 5.41) is 8.93. The van der Waals surface area contributed by atoms with Crippen molar-refractivity contribution in [2.75, 3.05) is 0 Å². The van der Waals surface area contributed by atoms with Crippen LogP contribution in [0.3, 0.4) is 0 Å². The predicted molar refractivity (Wildman–Crippen MR) is 37.4 cm³/mol. The minimum atomic E-state index is -1.14. The van der Waals surface area contributed by atoms with E-state index in [0.717, 1.165) is 0 Å². The first-order valence-corrected chi connectivity index (χ1v) is 3.13. The minimum Gasteiger partial charge on any atom is -0.381 e. The molecule has 0 aromatic heterocycles. The monoisotopic (exact) mass is 154 g/mol. The third kappa shape index (κ3) is 1.85. The number of rotatable bonds is 2. The first-order valence-electron chi connectivity index (χ1n) is 3.13. The molecular weight excluding hydrogens is 147 g/mol. The van der Waals surface area contributed by atoms with Gasteiger partial charge in [-0.25, -0.2) is 4.39 Å². The summed E-state index contributed by atoms with van der Waals surface area (Å²) in [5.41, 5.74) is 0.404. The van der Waals surface area contributed by atoms with E-state index in [0.29, 0.717) is 11.8 Å². The summed E-state index contributed by atoms with van der Waals surface area (Å²) in [6.45, 7) is 0. The Morgan fingerprint density at radius 1 is 1.36 bits per heavy atom. The number of carbonyl (C=O) groups excluding carboxylic acids is 1. The van der Waals surface area contributed by atoms with Crippen molar-refractivity contribution in [1.29, 1.82) is 0 Å². The van der Waals surface area contributed by atoms with Gasteiger partial charge in [0, 0.05) is 0 Å². The topological polar surface area (TPSA) is 37.3 Å². The van der Waals surface area contributed by atoms with Crippen molar-refractivity contribution in [3.05, 3.63) is 35.6 Å². The minimum absolute atomic E-state index is 0.383. The molecule has 0 aliphatic heterocycles. The van der Waals surface area contributed by atoms with Crippen LogP contribution >= 0.6 is 0 Å². The fraction of sp³-hybridized carbons (Fsp3) is 0.125. The van der Waals surface area contributed by atoms with Crippen LogP contribution in [0.1, 0.15) is 11.7 Å². The molecule has 1 aromatic carbocycles. The molecule has 0 heterocycles. The van der Waals surface area contributed by atoms with Gasteiger partial charge in [-0.3, -0.25) is 0 Å². The van der Waals surface area contributed by atoms with Gasteiger partial charge in [-0.1, -0.05) is 12.1 Å². The highest BCUT2D eigenvalue weighted by atomic mass is 19.1. The molecule has 2 nitrogen and oxygen atoms in total. The fourth-order valence-corrected chi connectivity index (χ4v) is 0.739. The molecule has 11 heavy (non-hydrogen) atoms. The molecule has 3 heteroatoms. The third-order valence-corrected chi connectivity index (χ3v) is 1.34. The molecule has 0 saturated heterocycles. The molecule has 0 fully saturated rings. The number of benzene rings is 1. The summed E-state index contributed by atoms with van der Waals surface area (Å²) in [4.78, 5) is 10.0. The summed E-state index contributed by atoms with van der Waals surface area (Å²) >= 11 is 0. The number of aliphatic hydroxyl groups is 1. The van der Waals surface area contributed by atoms with Crippen molar-refractivity contribution in [3.63, 3.8) is 0 Å². The molecule has 0 saturated carbocycles. The van der Waals surface area contributed by atoms with Gasteiger partial charge in [-0.15, -0.1) is 0 Å². The summed E-state index contributed by atoms with van der Waals surface area (Å²) in [5.74, 6) is -0.383. The second-order valence-corrected chi connectivity index (χ2v) is 2.13. The van der Waals surface area contributed by atoms with Crippen LogP contribution in [0.25, 0.3) is 0 Å². The molecule has 1 rings (SSSR count). The summed E-state index contributed by atoms with van der Waals surface area (Å²) in [6.07, 6.45) is -0.747. The van der Waals surface area contributed by atoms with Crippen LogP contribution in [-0.2, 0) is 4.79 Å². The Hall–Kier alpha value is -1.22. The van der Waals surface area contributed by atoms with Crippen LogP contribution in [0.5, 0.6) is 0 Å².